The van der Waals surface area contributed by atoms with Gasteiger partial charge in [0.25, 0.3) is 23.5 Å². The monoisotopic (exact) mass is 1390 g/mol. The number of aliphatic hydroxyl groups is 2. The third-order valence-corrected chi connectivity index (χ3v) is 19.1. The van der Waals surface area contributed by atoms with E-state index in [0.717, 1.165) is 4.90 Å². The minimum Gasteiger partial charge on any atom is -0.507 e. The van der Waals surface area contributed by atoms with Gasteiger partial charge in [0.05, 0.1) is 47.1 Å². The number of urea groups is 1. The standard InChI is InChI=1S/C71H92N10O19/c1-36(2)54(76-48(83)20-13-12-14-31-81-49(84)25-26-50(81)85)67(93)75-46(19-16-30-73-68(72)94)66(92)74-45-23-21-44(22-24-45)35-97-69(95)80-32-28-71(29-33-80)78-55-51-52-60(88)42(8)63-53(51)64(90)70(10,100-63)98-34-27-47(96-11)39(5)62(99-43(9)82)41(7)59(87)40(6)58(86)37(3)17-15-18-38(4)65(91)77-57(61(52)89)56(55)79-71/h15,17-18,21-27,34,36-37,39-41,46-47,54,58-59,62,79,86-88H,12-14,16,19-20,28-33,35H2,1-11H3,(H,74,92)(H,75,93)(H,76,83)(H,77,91)(H3,72,73,94)/b17-15+,34-27+,38-18-/t37-,39-,40+,41+,46-,47-,54-,58-,59+,62+,70-/m0/s1. The van der Waals surface area contributed by atoms with Crippen molar-refractivity contribution >= 4 is 76.5 Å². The molecule has 0 radical (unpaired) electrons. The highest BCUT2D eigenvalue weighted by molar-refractivity contribution is 6.34. The summed E-state index contributed by atoms with van der Waals surface area (Å²) in [4.78, 5) is 154. The number of aliphatic hydroxyl groups excluding tert-OH is 2. The first-order chi connectivity index (χ1) is 47.3. The number of imide groups is 1. The van der Waals surface area contributed by atoms with E-state index in [1.165, 1.54) is 70.3 Å². The van der Waals surface area contributed by atoms with Crippen molar-refractivity contribution in [1.29, 1.82) is 0 Å². The molecule has 1 spiro atoms. The van der Waals surface area contributed by atoms with Crippen molar-refractivity contribution in [3.8, 4) is 11.5 Å². The van der Waals surface area contributed by atoms with Crippen molar-refractivity contribution in [2.24, 2.45) is 40.3 Å². The number of methoxy groups -OCH3 is 1. The van der Waals surface area contributed by atoms with Crippen molar-refractivity contribution in [2.45, 2.75) is 175 Å². The van der Waals surface area contributed by atoms with E-state index >= 15 is 9.59 Å². The molecule has 9 amide bonds. The van der Waals surface area contributed by atoms with Gasteiger partial charge in [-0.1, -0.05) is 78.3 Å². The topological polar surface area (TPSA) is 412 Å². The van der Waals surface area contributed by atoms with Crippen LogP contribution in [0, 0.1) is 36.5 Å². The number of Topliss-reactive ketones (excluding diaryl/α,β-unsaturated/α-hetero) is 2. The molecule has 11 N–H and O–H groups in total. The molecule has 2 aromatic carbocycles. The first kappa shape index (κ1) is 76.0. The van der Waals surface area contributed by atoms with Gasteiger partial charge in [-0.15, -0.1) is 0 Å². The first-order valence-corrected chi connectivity index (χ1v) is 33.7. The van der Waals surface area contributed by atoms with Crippen molar-refractivity contribution in [3.63, 3.8) is 0 Å². The lowest BCUT2D eigenvalue weighted by Gasteiger charge is -2.38. The number of unbranched alkanes of at least 4 members (excludes halogenated alkanes) is 2. The van der Waals surface area contributed by atoms with Crippen LogP contribution in [0.4, 0.5) is 15.3 Å². The molecule has 5 bridgehead atoms. The maximum absolute atomic E-state index is 15.1. The minimum absolute atomic E-state index is 0.0147. The summed E-state index contributed by atoms with van der Waals surface area (Å²) in [6, 6.07) is 3.50. The number of nitrogens with zero attached hydrogens (tertiary/aromatic N) is 3. The second-order valence-electron chi connectivity index (χ2n) is 26.8. The van der Waals surface area contributed by atoms with Crippen LogP contribution in [0.5, 0.6) is 11.5 Å². The number of aliphatic imine (C=N–C) groups is 1. The third-order valence-electron chi connectivity index (χ3n) is 19.1. The van der Waals surface area contributed by atoms with Gasteiger partial charge in [0.2, 0.25) is 23.5 Å². The van der Waals surface area contributed by atoms with Crippen LogP contribution in [0.25, 0.3) is 0 Å². The number of anilines is 1. The highest BCUT2D eigenvalue weighted by Gasteiger charge is 2.55. The molecule has 11 atom stereocenters. The van der Waals surface area contributed by atoms with E-state index in [2.05, 4.69) is 31.9 Å². The van der Waals surface area contributed by atoms with Gasteiger partial charge in [0.1, 0.15) is 47.7 Å². The number of hydrogen-bond acceptors (Lipinski definition) is 21. The predicted octanol–water partition coefficient (Wildman–Crippen LogP) is 4.79. The normalized spacial score (nSPS) is 26.0. The Morgan fingerprint density at radius 2 is 1.52 bits per heavy atom. The number of esters is 1. The minimum atomic E-state index is -2.11. The van der Waals surface area contributed by atoms with Gasteiger partial charge in [-0.25, -0.2) is 9.59 Å². The molecular weight excluding hydrogens is 1300 g/mol. The number of ketones is 2. The van der Waals surface area contributed by atoms with Gasteiger partial charge in [-0.2, -0.15) is 0 Å². The fourth-order valence-electron chi connectivity index (χ4n) is 13.1. The smallest absolute Gasteiger partial charge is 0.410 e. The van der Waals surface area contributed by atoms with Gasteiger partial charge in [0, 0.05) is 125 Å². The highest BCUT2D eigenvalue weighted by Crippen LogP contribution is 2.50. The number of hydrogen-bond donors (Lipinski definition) is 10. The zero-order valence-electron chi connectivity index (χ0n) is 58.2. The Kier molecular flexibility index (Phi) is 24.7. The molecule has 5 aliphatic heterocycles. The molecule has 0 saturated carbocycles. The molecule has 29 heteroatoms. The molecule has 2 aromatic rings. The average Bonchev–Trinajstić information content (AvgIpc) is 1.52. The molecule has 1 fully saturated rings. The third kappa shape index (κ3) is 17.3. The molecule has 540 valence electrons. The molecule has 0 unspecified atom stereocenters. The second kappa shape index (κ2) is 32.5. The molecule has 0 aromatic heterocycles. The SMILES string of the molecule is CO[C@H]1/C=C/O[C@@]2(C)Oc3c(C)c(O)c4c(c3C2=O)C2=NC3(CCN(C(=O)OCc5ccc(NC(=O)[C@H](CCCNC(N)=O)NC(=O)[C@@H](NC(=O)CCCCCN6C(=O)C=CC6=O)C(C)C)cc5)CC3)NC2=C(NC(=O)/C(C)=C\C=C\[C@H](C)[C@H](O)[C@@H](C)[C@@H](O)[C@@H](C)[C@H](OC(C)=O)[C@H]1C)C4=O. The summed E-state index contributed by atoms with van der Waals surface area (Å²) in [5.74, 6) is -11.2. The van der Waals surface area contributed by atoms with Crippen LogP contribution in [0.2, 0.25) is 0 Å². The van der Waals surface area contributed by atoms with Crippen molar-refractivity contribution in [2.75, 3.05) is 38.6 Å². The summed E-state index contributed by atoms with van der Waals surface area (Å²) >= 11 is 0. The number of phenolic OH excluding ortho intramolecular Hbond substituents is 1. The van der Waals surface area contributed by atoms with Gasteiger partial charge >= 0.3 is 23.9 Å². The van der Waals surface area contributed by atoms with Gasteiger partial charge < -0.3 is 81.5 Å². The van der Waals surface area contributed by atoms with Gasteiger partial charge in [0.15, 0.2) is 0 Å². The van der Waals surface area contributed by atoms with E-state index in [0.29, 0.717) is 30.5 Å². The Bertz CT molecular complexity index is 3720. The number of carbonyl (C=O) groups excluding carboxylic acids is 11. The lowest BCUT2D eigenvalue weighted by Crippen LogP contribution is -2.54. The summed E-state index contributed by atoms with van der Waals surface area (Å²) in [6.45, 7) is 16.1. The van der Waals surface area contributed by atoms with E-state index in [1.54, 1.807) is 78.0 Å². The Hall–Kier alpha value is -9.74. The molecule has 8 rings (SSSR count). The lowest BCUT2D eigenvalue weighted by molar-refractivity contribution is -0.160. The fraction of sp³-hybridized carbons (Fsp3) is 0.521. The molecule has 5 heterocycles. The lowest BCUT2D eigenvalue weighted by atomic mass is 9.78. The number of phenols is 1. The van der Waals surface area contributed by atoms with Crippen LogP contribution in [-0.4, -0.2) is 177 Å². The van der Waals surface area contributed by atoms with Crippen molar-refractivity contribution in [1.82, 2.24) is 36.4 Å². The number of aromatic hydroxyl groups is 1. The summed E-state index contributed by atoms with van der Waals surface area (Å²) in [5.41, 5.74) is 4.28. The molecule has 1 saturated heterocycles. The summed E-state index contributed by atoms with van der Waals surface area (Å²) in [6.07, 6.45) is 7.09. The Labute approximate surface area is 579 Å². The molecule has 6 aliphatic rings. The molecule has 100 heavy (non-hydrogen) atoms. The molecular formula is C71H92N10O19. The zero-order valence-corrected chi connectivity index (χ0v) is 58.2. The average molecular weight is 1390 g/mol. The molecule has 1 aliphatic carbocycles. The van der Waals surface area contributed by atoms with Crippen LogP contribution in [-0.2, 0) is 59.1 Å². The number of ether oxygens (including phenoxy) is 5. The van der Waals surface area contributed by atoms with Crippen LogP contribution in [0.3, 0.4) is 0 Å². The number of fused-ring (bicyclic) bond motifs is 3. The van der Waals surface area contributed by atoms with Crippen molar-refractivity contribution < 1.29 is 91.7 Å². The van der Waals surface area contributed by atoms with Crippen LogP contribution in [0.15, 0.2) is 88.9 Å². The van der Waals surface area contributed by atoms with E-state index in [4.69, 9.17) is 34.4 Å². The van der Waals surface area contributed by atoms with Crippen LogP contribution in [0.1, 0.15) is 151 Å². The molecule has 29 nitrogen and oxygen atoms in total. The number of nitrogens with one attached hydrogen (secondary N) is 6. The quantitative estimate of drug-likeness (QED) is 0.0483. The zero-order chi connectivity index (χ0) is 73.2. The van der Waals surface area contributed by atoms with Crippen LogP contribution < -0.4 is 42.4 Å². The predicted molar refractivity (Wildman–Crippen MR) is 362 cm³/mol. The Balaban J connectivity index is 0.963. The largest absolute Gasteiger partial charge is 0.507 e. The highest BCUT2D eigenvalue weighted by atomic mass is 16.7. The van der Waals surface area contributed by atoms with E-state index in [1.807, 2.05) is 0 Å². The fourth-order valence-corrected chi connectivity index (χ4v) is 13.1. The van der Waals surface area contributed by atoms with E-state index < -0.39 is 131 Å². The number of piperidine rings is 1. The second-order valence-corrected chi connectivity index (χ2v) is 26.8. The number of likely N-dealkylation sites (tertiary alicyclic amines) is 1. The Morgan fingerprint density at radius 1 is 0.840 bits per heavy atom. The van der Waals surface area contributed by atoms with Gasteiger partial charge in [-0.05, 0) is 69.2 Å². The maximum atomic E-state index is 15.1. The number of benzene rings is 2. The summed E-state index contributed by atoms with van der Waals surface area (Å²) in [5, 5.41) is 52.1. The van der Waals surface area contributed by atoms with Crippen molar-refractivity contribution in [3.05, 3.63) is 112 Å². The first-order valence-electron chi connectivity index (χ1n) is 33.7. The number of rotatable bonds is 20. The Morgan fingerprint density at radius 3 is 2.16 bits per heavy atom. The van der Waals surface area contributed by atoms with Crippen LogP contribution >= 0.6 is 0 Å². The number of allylic oxidation sites excluding steroid dienone is 4. The van der Waals surface area contributed by atoms with E-state index in [9.17, 15) is 58.5 Å². The maximum Gasteiger partial charge on any atom is 0.410 e. The number of nitrogens with two attached hydrogens (primary N) is 1. The summed E-state index contributed by atoms with van der Waals surface area (Å²) < 4.78 is 29.9. The number of carbonyl (C=O) groups is 11. The number of primary amides is 1. The summed E-state index contributed by atoms with van der Waals surface area (Å²) in [7, 11) is 1.42. The van der Waals surface area contributed by atoms with Gasteiger partial charge in [-0.3, -0.25) is 53.0 Å². The van der Waals surface area contributed by atoms with E-state index in [-0.39, 0.29) is 133 Å². The number of amides is 9.